The SMILES string of the molecule is c1ccc(-c2c3ccc(N4CCCCC4)cc3c(-c3ccc4ccccc4c3)c3ccc(N4CCCCC4)cc23)cc1. The molecule has 0 radical (unpaired) electrons. The van der Waals surface area contributed by atoms with Crippen molar-refractivity contribution in [1.82, 2.24) is 0 Å². The Labute approximate surface area is 249 Å². The monoisotopic (exact) mass is 546 g/mol. The summed E-state index contributed by atoms with van der Waals surface area (Å²) in [6, 6.07) is 41.4. The van der Waals surface area contributed by atoms with E-state index in [0.29, 0.717) is 0 Å². The molecule has 6 aromatic rings. The van der Waals surface area contributed by atoms with E-state index in [2.05, 4.69) is 119 Å². The summed E-state index contributed by atoms with van der Waals surface area (Å²) in [6.45, 7) is 4.59. The van der Waals surface area contributed by atoms with Crippen LogP contribution in [-0.4, -0.2) is 26.2 Å². The maximum atomic E-state index is 2.60. The molecule has 0 amide bonds. The van der Waals surface area contributed by atoms with Crippen molar-refractivity contribution in [3.05, 3.63) is 109 Å². The predicted molar refractivity (Wildman–Crippen MR) is 182 cm³/mol. The van der Waals surface area contributed by atoms with Gasteiger partial charge in [0.2, 0.25) is 0 Å². The van der Waals surface area contributed by atoms with E-state index in [1.165, 1.54) is 104 Å². The first-order chi connectivity index (χ1) is 20.8. The van der Waals surface area contributed by atoms with Crippen molar-refractivity contribution in [1.29, 1.82) is 0 Å². The van der Waals surface area contributed by atoms with Crippen LogP contribution >= 0.6 is 0 Å². The van der Waals surface area contributed by atoms with Crippen LogP contribution in [0.25, 0.3) is 54.6 Å². The molecule has 2 fully saturated rings. The number of fused-ring (bicyclic) bond motifs is 3. The first-order valence-electron chi connectivity index (χ1n) is 15.9. The fourth-order valence-electron chi connectivity index (χ4n) is 7.47. The van der Waals surface area contributed by atoms with E-state index in [-0.39, 0.29) is 0 Å². The molecule has 0 aliphatic carbocycles. The standard InChI is InChI=1S/C40H38N2/c1-4-13-30(14-5-1)39-35-20-18-34(42-24-10-3-11-25-42)28-38(35)40(32-17-16-29-12-6-7-15-31(29)26-32)36-21-19-33(27-37(36)39)41-22-8-2-9-23-41/h1,4-7,12-21,26-28H,2-3,8-11,22-25H2. The summed E-state index contributed by atoms with van der Waals surface area (Å²) in [5, 5.41) is 7.97. The maximum Gasteiger partial charge on any atom is 0.0372 e. The second-order valence-electron chi connectivity index (χ2n) is 12.2. The van der Waals surface area contributed by atoms with Crippen LogP contribution in [0.1, 0.15) is 38.5 Å². The fourth-order valence-corrected chi connectivity index (χ4v) is 7.47. The van der Waals surface area contributed by atoms with Crippen LogP contribution in [0.5, 0.6) is 0 Å². The van der Waals surface area contributed by atoms with Gasteiger partial charge in [-0.2, -0.15) is 0 Å². The quantitative estimate of drug-likeness (QED) is 0.203. The minimum atomic E-state index is 1.15. The molecule has 2 heteroatoms. The van der Waals surface area contributed by atoms with Crippen molar-refractivity contribution in [2.24, 2.45) is 0 Å². The van der Waals surface area contributed by atoms with Gasteiger partial charge >= 0.3 is 0 Å². The van der Waals surface area contributed by atoms with Gasteiger partial charge in [-0.05, 0) is 123 Å². The molecule has 2 heterocycles. The van der Waals surface area contributed by atoms with Crippen LogP contribution in [0.4, 0.5) is 11.4 Å². The summed E-state index contributed by atoms with van der Waals surface area (Å²) in [5.74, 6) is 0. The Morgan fingerprint density at radius 2 is 0.881 bits per heavy atom. The third-order valence-corrected chi connectivity index (χ3v) is 9.63. The topological polar surface area (TPSA) is 6.48 Å². The largest absolute Gasteiger partial charge is 0.372 e. The molecule has 8 rings (SSSR count). The number of hydrogen-bond acceptors (Lipinski definition) is 2. The zero-order valence-electron chi connectivity index (χ0n) is 24.4. The molecule has 0 atom stereocenters. The highest BCUT2D eigenvalue weighted by atomic mass is 15.1. The molecule has 208 valence electrons. The van der Waals surface area contributed by atoms with Gasteiger partial charge in [-0.15, -0.1) is 0 Å². The highest BCUT2D eigenvalue weighted by Gasteiger charge is 2.21. The normalized spacial score (nSPS) is 16.0. The molecule has 0 spiro atoms. The molecule has 2 aliphatic rings. The Morgan fingerprint density at radius 1 is 0.357 bits per heavy atom. The van der Waals surface area contributed by atoms with E-state index < -0.39 is 0 Å². The Kier molecular flexibility index (Phi) is 6.56. The van der Waals surface area contributed by atoms with Crippen LogP contribution in [0.3, 0.4) is 0 Å². The van der Waals surface area contributed by atoms with Gasteiger partial charge in [0.1, 0.15) is 0 Å². The summed E-state index contributed by atoms with van der Waals surface area (Å²) in [5.41, 5.74) is 8.01. The molecule has 0 saturated carbocycles. The smallest absolute Gasteiger partial charge is 0.0372 e. The average molecular weight is 547 g/mol. The highest BCUT2D eigenvalue weighted by Crippen LogP contribution is 2.46. The summed E-state index contributed by atoms with van der Waals surface area (Å²) >= 11 is 0. The minimum Gasteiger partial charge on any atom is -0.372 e. The average Bonchev–Trinajstić information content (AvgIpc) is 3.07. The lowest BCUT2D eigenvalue weighted by Crippen LogP contribution is -2.29. The molecule has 0 bridgehead atoms. The molecular formula is C40H38N2. The van der Waals surface area contributed by atoms with E-state index in [4.69, 9.17) is 0 Å². The summed E-state index contributed by atoms with van der Waals surface area (Å²) in [4.78, 5) is 5.19. The summed E-state index contributed by atoms with van der Waals surface area (Å²) < 4.78 is 0. The van der Waals surface area contributed by atoms with E-state index >= 15 is 0 Å². The maximum absolute atomic E-state index is 2.60. The van der Waals surface area contributed by atoms with Crippen LogP contribution in [0, 0.1) is 0 Å². The van der Waals surface area contributed by atoms with Gasteiger partial charge < -0.3 is 9.80 Å². The molecule has 6 aromatic carbocycles. The van der Waals surface area contributed by atoms with Crippen molar-refractivity contribution in [3.8, 4) is 22.3 Å². The molecule has 2 saturated heterocycles. The van der Waals surface area contributed by atoms with Crippen molar-refractivity contribution >= 4 is 43.7 Å². The molecule has 42 heavy (non-hydrogen) atoms. The Morgan fingerprint density at radius 3 is 1.48 bits per heavy atom. The van der Waals surface area contributed by atoms with Crippen molar-refractivity contribution in [2.75, 3.05) is 36.0 Å². The molecule has 2 aliphatic heterocycles. The van der Waals surface area contributed by atoms with Gasteiger partial charge in [-0.3, -0.25) is 0 Å². The fraction of sp³-hybridized carbons (Fsp3) is 0.250. The van der Waals surface area contributed by atoms with Crippen LogP contribution in [-0.2, 0) is 0 Å². The zero-order valence-corrected chi connectivity index (χ0v) is 24.4. The van der Waals surface area contributed by atoms with Crippen LogP contribution < -0.4 is 9.80 Å². The molecule has 2 nitrogen and oxygen atoms in total. The molecule has 0 unspecified atom stereocenters. The van der Waals surface area contributed by atoms with Gasteiger partial charge in [0.15, 0.2) is 0 Å². The first kappa shape index (κ1) is 25.4. The highest BCUT2D eigenvalue weighted by molar-refractivity contribution is 6.22. The van der Waals surface area contributed by atoms with Gasteiger partial charge in [0, 0.05) is 37.6 Å². The number of hydrogen-bond donors (Lipinski definition) is 0. The third-order valence-electron chi connectivity index (χ3n) is 9.63. The second kappa shape index (κ2) is 10.8. The molecule has 0 aromatic heterocycles. The van der Waals surface area contributed by atoms with E-state index in [9.17, 15) is 0 Å². The number of nitrogens with zero attached hydrogens (tertiary/aromatic N) is 2. The number of rotatable bonds is 4. The van der Waals surface area contributed by atoms with Crippen LogP contribution in [0.2, 0.25) is 0 Å². The first-order valence-corrected chi connectivity index (χ1v) is 15.9. The van der Waals surface area contributed by atoms with E-state index in [0.717, 1.165) is 26.2 Å². The Hall–Kier alpha value is -4.30. The van der Waals surface area contributed by atoms with Crippen molar-refractivity contribution in [2.45, 2.75) is 38.5 Å². The Balaban J connectivity index is 1.46. The predicted octanol–water partition coefficient (Wildman–Crippen LogP) is 10.5. The lowest BCUT2D eigenvalue weighted by molar-refractivity contribution is 0.578. The van der Waals surface area contributed by atoms with E-state index in [1.54, 1.807) is 0 Å². The number of anilines is 2. The lowest BCUT2D eigenvalue weighted by Gasteiger charge is -2.30. The second-order valence-corrected chi connectivity index (χ2v) is 12.2. The number of benzene rings is 6. The van der Waals surface area contributed by atoms with Gasteiger partial charge in [-0.1, -0.05) is 78.9 Å². The third kappa shape index (κ3) is 4.50. The van der Waals surface area contributed by atoms with Gasteiger partial charge in [0.25, 0.3) is 0 Å². The van der Waals surface area contributed by atoms with Crippen LogP contribution in [0.15, 0.2) is 109 Å². The van der Waals surface area contributed by atoms with Gasteiger partial charge in [0.05, 0.1) is 0 Å². The van der Waals surface area contributed by atoms with E-state index in [1.807, 2.05) is 0 Å². The zero-order chi connectivity index (χ0) is 27.9. The Bertz CT molecular complexity index is 1890. The van der Waals surface area contributed by atoms with Gasteiger partial charge in [-0.25, -0.2) is 0 Å². The van der Waals surface area contributed by atoms with Crippen molar-refractivity contribution in [3.63, 3.8) is 0 Å². The number of piperidine rings is 2. The summed E-state index contributed by atoms with van der Waals surface area (Å²) in [7, 11) is 0. The molecular weight excluding hydrogens is 508 g/mol. The molecule has 0 N–H and O–H groups in total. The summed E-state index contributed by atoms with van der Waals surface area (Å²) in [6.07, 6.45) is 7.81. The lowest BCUT2D eigenvalue weighted by atomic mass is 9.85. The van der Waals surface area contributed by atoms with Crippen molar-refractivity contribution < 1.29 is 0 Å². The minimum absolute atomic E-state index is 1.15.